The van der Waals surface area contributed by atoms with Crippen molar-refractivity contribution >= 4 is 5.97 Å². The number of ether oxygens (including phenoxy) is 1. The van der Waals surface area contributed by atoms with Crippen molar-refractivity contribution in [3.05, 3.63) is 12.2 Å². The van der Waals surface area contributed by atoms with Gasteiger partial charge in [0.05, 0.1) is 18.6 Å². The lowest BCUT2D eigenvalue weighted by atomic mass is 9.90. The number of nitrogens with zero attached hydrogens (tertiary/aromatic N) is 1. The van der Waals surface area contributed by atoms with E-state index < -0.39 is 5.60 Å². The second-order valence-corrected chi connectivity index (χ2v) is 6.67. The van der Waals surface area contributed by atoms with Gasteiger partial charge in [-0.15, -0.1) is 0 Å². The number of carbonyl (C=O) groups is 1. The molecule has 2 atom stereocenters. The highest BCUT2D eigenvalue weighted by atomic mass is 16.5. The van der Waals surface area contributed by atoms with Gasteiger partial charge in [0.25, 0.3) is 0 Å². The average molecular weight is 311 g/mol. The van der Waals surface area contributed by atoms with Crippen LogP contribution in [-0.4, -0.2) is 47.3 Å². The van der Waals surface area contributed by atoms with Gasteiger partial charge in [-0.2, -0.15) is 0 Å². The van der Waals surface area contributed by atoms with E-state index in [0.717, 1.165) is 32.4 Å². The Morgan fingerprint density at radius 3 is 2.77 bits per heavy atom. The molecule has 1 saturated heterocycles. The molecule has 0 aromatic carbocycles. The molecule has 0 aromatic rings. The van der Waals surface area contributed by atoms with Gasteiger partial charge < -0.3 is 9.84 Å². The van der Waals surface area contributed by atoms with E-state index >= 15 is 0 Å². The molecular weight excluding hydrogens is 278 g/mol. The number of hydrogen-bond donors (Lipinski definition) is 1. The molecule has 0 aromatic heterocycles. The first-order valence-electron chi connectivity index (χ1n) is 8.69. The van der Waals surface area contributed by atoms with Crippen LogP contribution in [0, 0.1) is 0 Å². The van der Waals surface area contributed by atoms with Gasteiger partial charge in [-0.1, -0.05) is 31.9 Å². The molecule has 1 rings (SSSR count). The van der Waals surface area contributed by atoms with Gasteiger partial charge in [0.15, 0.2) is 0 Å². The maximum absolute atomic E-state index is 11.7. The minimum atomic E-state index is -1.04. The van der Waals surface area contributed by atoms with Crippen LogP contribution in [0.1, 0.15) is 65.7 Å². The normalized spacial score (nSPS) is 21.5. The number of hydrogen-bond acceptors (Lipinski definition) is 4. The van der Waals surface area contributed by atoms with Gasteiger partial charge in [-0.25, -0.2) is 0 Å². The Morgan fingerprint density at radius 2 is 2.14 bits per heavy atom. The zero-order valence-corrected chi connectivity index (χ0v) is 14.6. The molecule has 0 bridgehead atoms. The summed E-state index contributed by atoms with van der Waals surface area (Å²) in [6, 6.07) is 0.0137. The molecule has 1 fully saturated rings. The lowest BCUT2D eigenvalue weighted by Gasteiger charge is -2.36. The second-order valence-electron chi connectivity index (χ2n) is 6.67. The molecule has 0 saturated carbocycles. The van der Waals surface area contributed by atoms with Crippen LogP contribution in [0.4, 0.5) is 0 Å². The van der Waals surface area contributed by atoms with Crippen LogP contribution < -0.4 is 0 Å². The van der Waals surface area contributed by atoms with Gasteiger partial charge in [0, 0.05) is 12.6 Å². The summed E-state index contributed by atoms with van der Waals surface area (Å²) in [5.74, 6) is -0.318. The molecule has 4 heteroatoms. The van der Waals surface area contributed by atoms with Crippen molar-refractivity contribution in [2.75, 3.05) is 19.7 Å². The summed E-state index contributed by atoms with van der Waals surface area (Å²) in [5, 5.41) is 10.7. The van der Waals surface area contributed by atoms with Crippen LogP contribution in [0.5, 0.6) is 0 Å². The summed E-state index contributed by atoms with van der Waals surface area (Å²) < 4.78 is 4.98. The summed E-state index contributed by atoms with van der Waals surface area (Å²) in [4.78, 5) is 14.0. The molecule has 1 aliphatic heterocycles. The number of esters is 1. The molecule has 1 N–H and O–H groups in total. The minimum absolute atomic E-state index is 0.0137. The average Bonchev–Trinajstić information content (AvgIpc) is 2.87. The van der Waals surface area contributed by atoms with Gasteiger partial charge in [0.1, 0.15) is 0 Å². The Hall–Kier alpha value is -0.870. The second kappa shape index (κ2) is 9.31. The highest BCUT2D eigenvalue weighted by molar-refractivity contribution is 5.70. The van der Waals surface area contributed by atoms with Crippen molar-refractivity contribution < 1.29 is 14.6 Å². The lowest BCUT2D eigenvalue weighted by molar-refractivity contribution is -0.150. The molecular formula is C18H33NO3. The molecule has 0 aliphatic carbocycles. The van der Waals surface area contributed by atoms with Crippen LogP contribution in [0.25, 0.3) is 0 Å². The summed E-state index contributed by atoms with van der Waals surface area (Å²) in [7, 11) is 0. The highest BCUT2D eigenvalue weighted by Crippen LogP contribution is 2.30. The van der Waals surface area contributed by atoms with Crippen molar-refractivity contribution in [2.45, 2.75) is 77.4 Å². The Bertz CT molecular complexity index is 365. The Labute approximate surface area is 135 Å². The van der Waals surface area contributed by atoms with Crippen LogP contribution in [0.2, 0.25) is 0 Å². The van der Waals surface area contributed by atoms with Crippen LogP contribution in [0.3, 0.4) is 0 Å². The summed E-state index contributed by atoms with van der Waals surface area (Å²) in [5.41, 5.74) is 0.194. The quantitative estimate of drug-likeness (QED) is 0.382. The van der Waals surface area contributed by atoms with E-state index in [4.69, 9.17) is 4.74 Å². The highest BCUT2D eigenvalue weighted by Gasteiger charge is 2.40. The molecule has 22 heavy (non-hydrogen) atoms. The van der Waals surface area contributed by atoms with E-state index in [1.165, 1.54) is 24.8 Å². The first kappa shape index (κ1) is 19.2. The van der Waals surface area contributed by atoms with E-state index in [-0.39, 0.29) is 18.4 Å². The molecule has 1 aliphatic rings. The molecule has 1 heterocycles. The maximum Gasteiger partial charge on any atom is 0.308 e. The molecule has 0 spiro atoms. The third-order valence-corrected chi connectivity index (χ3v) is 4.45. The maximum atomic E-state index is 11.7. The Balaban J connectivity index is 2.53. The molecule has 0 amide bonds. The first-order valence-corrected chi connectivity index (χ1v) is 8.69. The third kappa shape index (κ3) is 6.09. The smallest absolute Gasteiger partial charge is 0.308 e. The molecule has 1 unspecified atom stereocenters. The van der Waals surface area contributed by atoms with E-state index in [1.807, 2.05) is 0 Å². The van der Waals surface area contributed by atoms with Crippen molar-refractivity contribution in [3.8, 4) is 0 Å². The molecule has 4 nitrogen and oxygen atoms in total. The zero-order valence-electron chi connectivity index (χ0n) is 14.6. The fourth-order valence-corrected chi connectivity index (χ4v) is 3.33. The largest absolute Gasteiger partial charge is 0.466 e. The number of likely N-dealkylation sites (tertiary alicyclic amines) is 1. The first-order chi connectivity index (χ1) is 10.4. The van der Waals surface area contributed by atoms with Gasteiger partial charge in [-0.3, -0.25) is 9.69 Å². The lowest BCUT2D eigenvalue weighted by Crippen LogP contribution is -2.49. The fraction of sp³-hybridized carbons (Fsp3) is 0.833. The number of carbonyl (C=O) groups excluding carboxylic acids is 1. The summed E-state index contributed by atoms with van der Waals surface area (Å²) in [6.45, 7) is 12.1. The van der Waals surface area contributed by atoms with E-state index in [9.17, 15) is 9.90 Å². The van der Waals surface area contributed by atoms with Gasteiger partial charge in [0.2, 0.25) is 0 Å². The number of unbranched alkanes of at least 4 members (excludes halogenated alkanes) is 2. The zero-order chi connectivity index (χ0) is 16.6. The van der Waals surface area contributed by atoms with Gasteiger partial charge in [-0.05, 0) is 46.1 Å². The van der Waals surface area contributed by atoms with Crippen molar-refractivity contribution in [3.63, 3.8) is 0 Å². The number of rotatable bonds is 10. The predicted molar refractivity (Wildman–Crippen MR) is 89.8 cm³/mol. The topological polar surface area (TPSA) is 49.8 Å². The van der Waals surface area contributed by atoms with Crippen LogP contribution in [-0.2, 0) is 9.53 Å². The van der Waals surface area contributed by atoms with Crippen molar-refractivity contribution in [1.82, 2.24) is 4.90 Å². The van der Waals surface area contributed by atoms with Crippen LogP contribution >= 0.6 is 0 Å². The Morgan fingerprint density at radius 1 is 1.41 bits per heavy atom. The third-order valence-electron chi connectivity index (χ3n) is 4.45. The standard InChI is InChI=1S/C18H33NO3/c1-5-7-8-10-15(3)14-19-12-9-11-16(19)18(4,21)13-17(20)22-6-2/h16,21H,3,5-14H2,1-2,4H3/t16?,18-/m0/s1. The summed E-state index contributed by atoms with van der Waals surface area (Å²) in [6.07, 6.45) is 6.74. The molecule has 0 radical (unpaired) electrons. The van der Waals surface area contributed by atoms with E-state index in [2.05, 4.69) is 18.4 Å². The predicted octanol–water partition coefficient (Wildman–Crippen LogP) is 3.29. The molecule has 128 valence electrons. The SMILES string of the molecule is C=C(CCCCC)CN1CCCC1[C@@](C)(O)CC(=O)OCC. The van der Waals surface area contributed by atoms with E-state index in [0.29, 0.717) is 6.61 Å². The van der Waals surface area contributed by atoms with Gasteiger partial charge >= 0.3 is 5.97 Å². The van der Waals surface area contributed by atoms with Crippen LogP contribution in [0.15, 0.2) is 12.2 Å². The Kier molecular flexibility index (Phi) is 8.12. The monoisotopic (exact) mass is 311 g/mol. The van der Waals surface area contributed by atoms with E-state index in [1.54, 1.807) is 13.8 Å². The van der Waals surface area contributed by atoms with Crippen molar-refractivity contribution in [1.29, 1.82) is 0 Å². The van der Waals surface area contributed by atoms with Crippen molar-refractivity contribution in [2.24, 2.45) is 0 Å². The minimum Gasteiger partial charge on any atom is -0.466 e. The summed E-state index contributed by atoms with van der Waals surface area (Å²) >= 11 is 0. The number of aliphatic hydroxyl groups is 1. The fourth-order valence-electron chi connectivity index (χ4n) is 3.33.